The molecule has 1 unspecified atom stereocenters. The molecular weight excluding hydrogens is 268 g/mol. The third-order valence-corrected chi connectivity index (χ3v) is 4.06. The largest absolute Gasteiger partial charge is 0.483 e. The van der Waals surface area contributed by atoms with Crippen molar-refractivity contribution in [2.45, 2.75) is 32.8 Å². The average Bonchev–Trinajstić information content (AvgIpc) is 2.88. The van der Waals surface area contributed by atoms with Crippen LogP contribution in [0.5, 0.6) is 5.75 Å². The fourth-order valence-electron chi connectivity index (χ4n) is 2.48. The van der Waals surface area contributed by atoms with Crippen molar-refractivity contribution in [1.29, 1.82) is 0 Å². The van der Waals surface area contributed by atoms with E-state index < -0.39 is 5.60 Å². The maximum absolute atomic E-state index is 11.9. The third-order valence-electron chi connectivity index (χ3n) is 4.06. The standard InChI is InChI=1S/C16H24N2O3/c1-11-4-5-12(2)15(13(11)3)21-8-14(19)18-10-16(20)6-7-17-9-16/h4-5,17,20H,6-10H2,1-3H3,(H,18,19). The van der Waals surface area contributed by atoms with Crippen molar-refractivity contribution in [2.75, 3.05) is 26.2 Å². The second kappa shape index (κ2) is 6.45. The Bertz CT molecular complexity index is 522. The Morgan fingerprint density at radius 1 is 1.38 bits per heavy atom. The van der Waals surface area contributed by atoms with Gasteiger partial charge in [-0.05, 0) is 50.4 Å². The minimum Gasteiger partial charge on any atom is -0.483 e. The summed E-state index contributed by atoms with van der Waals surface area (Å²) in [6.07, 6.45) is 0.657. The summed E-state index contributed by atoms with van der Waals surface area (Å²) in [5.74, 6) is 0.557. The highest BCUT2D eigenvalue weighted by atomic mass is 16.5. The lowest BCUT2D eigenvalue weighted by molar-refractivity contribution is -0.124. The Hall–Kier alpha value is -1.59. The molecule has 1 aliphatic heterocycles. The zero-order chi connectivity index (χ0) is 15.5. The van der Waals surface area contributed by atoms with Crippen LogP contribution in [0.15, 0.2) is 12.1 Å². The van der Waals surface area contributed by atoms with Crippen LogP contribution < -0.4 is 15.4 Å². The van der Waals surface area contributed by atoms with Gasteiger partial charge in [0.2, 0.25) is 0 Å². The predicted octanol–water partition coefficient (Wildman–Crippen LogP) is 0.831. The topological polar surface area (TPSA) is 70.6 Å². The van der Waals surface area contributed by atoms with Gasteiger partial charge in [-0.25, -0.2) is 0 Å². The number of aliphatic hydroxyl groups is 1. The number of benzene rings is 1. The minimum absolute atomic E-state index is 0.0331. The van der Waals surface area contributed by atoms with Crippen molar-refractivity contribution in [3.8, 4) is 5.75 Å². The van der Waals surface area contributed by atoms with Gasteiger partial charge in [-0.2, -0.15) is 0 Å². The van der Waals surface area contributed by atoms with Gasteiger partial charge < -0.3 is 20.5 Å². The maximum atomic E-state index is 11.9. The molecule has 2 rings (SSSR count). The number of rotatable bonds is 5. The number of amides is 1. The number of β-amino-alcohol motifs (C(OH)–C–C–N with tert-alkyl or cyclic N) is 1. The summed E-state index contributed by atoms with van der Waals surface area (Å²) in [5, 5.41) is 15.9. The molecule has 5 heteroatoms. The van der Waals surface area contributed by atoms with Gasteiger partial charge in [-0.15, -0.1) is 0 Å². The van der Waals surface area contributed by atoms with Crippen LogP contribution in [0.3, 0.4) is 0 Å². The first-order valence-electron chi connectivity index (χ1n) is 7.31. The predicted molar refractivity (Wildman–Crippen MR) is 81.6 cm³/mol. The van der Waals surface area contributed by atoms with Crippen LogP contribution in [0.1, 0.15) is 23.1 Å². The van der Waals surface area contributed by atoms with E-state index in [9.17, 15) is 9.90 Å². The minimum atomic E-state index is -0.829. The lowest BCUT2D eigenvalue weighted by Crippen LogP contribution is -2.45. The molecule has 1 fully saturated rings. The van der Waals surface area contributed by atoms with Crippen LogP contribution in [-0.4, -0.2) is 42.9 Å². The Labute approximate surface area is 125 Å². The van der Waals surface area contributed by atoms with Gasteiger partial charge >= 0.3 is 0 Å². The van der Waals surface area contributed by atoms with Crippen LogP contribution in [0.4, 0.5) is 0 Å². The zero-order valence-corrected chi connectivity index (χ0v) is 13.0. The summed E-state index contributed by atoms with van der Waals surface area (Å²) in [6.45, 7) is 7.50. The molecule has 1 atom stereocenters. The van der Waals surface area contributed by atoms with Gasteiger partial charge in [0.15, 0.2) is 6.61 Å². The van der Waals surface area contributed by atoms with E-state index in [1.54, 1.807) is 0 Å². The number of carbonyl (C=O) groups excluding carboxylic acids is 1. The number of carbonyl (C=O) groups is 1. The number of hydrogen-bond donors (Lipinski definition) is 3. The molecule has 0 radical (unpaired) electrons. The molecule has 5 nitrogen and oxygen atoms in total. The summed E-state index contributed by atoms with van der Waals surface area (Å²) in [5.41, 5.74) is 2.39. The Balaban J connectivity index is 1.85. The van der Waals surface area contributed by atoms with Crippen LogP contribution in [-0.2, 0) is 4.79 Å². The van der Waals surface area contributed by atoms with Crippen LogP contribution in [0, 0.1) is 20.8 Å². The number of aryl methyl sites for hydroxylation is 2. The normalized spacial score (nSPS) is 21.3. The molecule has 0 bridgehead atoms. The Morgan fingerprint density at radius 2 is 2.10 bits per heavy atom. The molecule has 1 aromatic rings. The first kappa shape index (κ1) is 15.8. The van der Waals surface area contributed by atoms with E-state index in [4.69, 9.17) is 4.74 Å². The molecule has 1 saturated heterocycles. The van der Waals surface area contributed by atoms with Gasteiger partial charge in [0.1, 0.15) is 5.75 Å². The SMILES string of the molecule is Cc1ccc(C)c(OCC(=O)NCC2(O)CCNC2)c1C. The van der Waals surface area contributed by atoms with E-state index in [0.29, 0.717) is 13.0 Å². The van der Waals surface area contributed by atoms with Gasteiger partial charge in [-0.1, -0.05) is 12.1 Å². The summed E-state index contributed by atoms with van der Waals surface area (Å²) < 4.78 is 5.65. The number of ether oxygens (including phenoxy) is 1. The van der Waals surface area contributed by atoms with Crippen molar-refractivity contribution in [2.24, 2.45) is 0 Å². The second-order valence-electron chi connectivity index (χ2n) is 5.87. The van der Waals surface area contributed by atoms with Gasteiger partial charge in [0.05, 0.1) is 5.60 Å². The quantitative estimate of drug-likeness (QED) is 0.752. The highest BCUT2D eigenvalue weighted by Gasteiger charge is 2.31. The van der Waals surface area contributed by atoms with E-state index in [1.807, 2.05) is 32.9 Å². The first-order valence-corrected chi connectivity index (χ1v) is 7.31. The Kier molecular flexibility index (Phi) is 4.85. The molecule has 0 aliphatic carbocycles. The second-order valence-corrected chi connectivity index (χ2v) is 5.87. The molecule has 1 aromatic carbocycles. The lowest BCUT2D eigenvalue weighted by Gasteiger charge is -2.21. The van der Waals surface area contributed by atoms with Crippen LogP contribution in [0.2, 0.25) is 0 Å². The summed E-state index contributed by atoms with van der Waals surface area (Å²) in [7, 11) is 0. The number of hydrogen-bond acceptors (Lipinski definition) is 4. The smallest absolute Gasteiger partial charge is 0.258 e. The molecule has 3 N–H and O–H groups in total. The maximum Gasteiger partial charge on any atom is 0.258 e. The zero-order valence-electron chi connectivity index (χ0n) is 13.0. The molecule has 116 valence electrons. The van der Waals surface area contributed by atoms with Crippen molar-refractivity contribution in [1.82, 2.24) is 10.6 Å². The van der Waals surface area contributed by atoms with Gasteiger partial charge in [-0.3, -0.25) is 4.79 Å². The highest BCUT2D eigenvalue weighted by Crippen LogP contribution is 2.25. The molecule has 0 spiro atoms. The highest BCUT2D eigenvalue weighted by molar-refractivity contribution is 5.77. The van der Waals surface area contributed by atoms with Crippen molar-refractivity contribution in [3.63, 3.8) is 0 Å². The van der Waals surface area contributed by atoms with E-state index in [-0.39, 0.29) is 19.1 Å². The van der Waals surface area contributed by atoms with E-state index >= 15 is 0 Å². The summed E-state index contributed by atoms with van der Waals surface area (Å²) in [4.78, 5) is 11.9. The molecule has 0 aromatic heterocycles. The molecule has 0 saturated carbocycles. The molecule has 1 heterocycles. The number of nitrogens with one attached hydrogen (secondary N) is 2. The van der Waals surface area contributed by atoms with E-state index in [2.05, 4.69) is 10.6 Å². The van der Waals surface area contributed by atoms with E-state index in [0.717, 1.165) is 29.0 Å². The van der Waals surface area contributed by atoms with Gasteiger partial charge in [0, 0.05) is 13.1 Å². The molecular formula is C16H24N2O3. The van der Waals surface area contributed by atoms with E-state index in [1.165, 1.54) is 0 Å². The third kappa shape index (κ3) is 3.95. The average molecular weight is 292 g/mol. The summed E-state index contributed by atoms with van der Waals surface area (Å²) in [6, 6.07) is 4.03. The van der Waals surface area contributed by atoms with Crippen molar-refractivity contribution in [3.05, 3.63) is 28.8 Å². The van der Waals surface area contributed by atoms with Crippen LogP contribution in [0.25, 0.3) is 0 Å². The fourth-order valence-corrected chi connectivity index (χ4v) is 2.48. The van der Waals surface area contributed by atoms with Crippen molar-refractivity contribution >= 4 is 5.91 Å². The molecule has 1 aliphatic rings. The van der Waals surface area contributed by atoms with Gasteiger partial charge in [0.25, 0.3) is 5.91 Å². The Morgan fingerprint density at radius 3 is 2.76 bits per heavy atom. The first-order chi connectivity index (χ1) is 9.91. The molecule has 1 amide bonds. The molecule has 21 heavy (non-hydrogen) atoms. The monoisotopic (exact) mass is 292 g/mol. The van der Waals surface area contributed by atoms with Crippen LogP contribution >= 0.6 is 0 Å². The lowest BCUT2D eigenvalue weighted by atomic mass is 10.0. The van der Waals surface area contributed by atoms with Crippen molar-refractivity contribution < 1.29 is 14.6 Å². The fraction of sp³-hybridized carbons (Fsp3) is 0.562. The summed E-state index contributed by atoms with van der Waals surface area (Å²) >= 11 is 0.